The summed E-state index contributed by atoms with van der Waals surface area (Å²) >= 11 is 0. The molecule has 1 saturated carbocycles. The van der Waals surface area contributed by atoms with Gasteiger partial charge in [0.25, 0.3) is 5.91 Å². The minimum atomic E-state index is -0.992. The predicted octanol–water partition coefficient (Wildman–Crippen LogP) is 6.29. The molecule has 3 aromatic rings. The zero-order valence-corrected chi connectivity index (χ0v) is 26.2. The number of halogens is 2. The average Bonchev–Trinajstić information content (AvgIpc) is 3.75. The molecule has 4 rings (SSSR count). The lowest BCUT2D eigenvalue weighted by Crippen LogP contribution is -2.50. The summed E-state index contributed by atoms with van der Waals surface area (Å²) in [4.78, 5) is 15.8. The van der Waals surface area contributed by atoms with Gasteiger partial charge in [-0.1, -0.05) is 56.7 Å². The van der Waals surface area contributed by atoms with E-state index < -0.39 is 23.8 Å². The Labute approximate surface area is 255 Å². The van der Waals surface area contributed by atoms with Gasteiger partial charge in [0.15, 0.2) is 0 Å². The summed E-state index contributed by atoms with van der Waals surface area (Å²) in [5, 5.41) is 17.9. The molecule has 2 atom stereocenters. The van der Waals surface area contributed by atoms with Gasteiger partial charge in [-0.2, -0.15) is 0 Å². The van der Waals surface area contributed by atoms with Gasteiger partial charge in [0.05, 0.1) is 12.1 Å². The molecule has 0 spiro atoms. The molecular formula is C36H47F2N3O2. The number of rotatable bonds is 15. The fraction of sp³-hybridized carbons (Fsp3) is 0.472. The lowest BCUT2D eigenvalue weighted by Gasteiger charge is -2.28. The number of aliphatic hydroxyl groups is 1. The third kappa shape index (κ3) is 9.43. The molecule has 2 unspecified atom stereocenters. The first kappa shape index (κ1) is 32.8. The van der Waals surface area contributed by atoms with Crippen LogP contribution < -0.4 is 10.6 Å². The first-order valence-corrected chi connectivity index (χ1v) is 15.5. The number of amides is 1. The summed E-state index contributed by atoms with van der Waals surface area (Å²) in [6.45, 7) is 10.4. The minimum absolute atomic E-state index is 0.0815. The van der Waals surface area contributed by atoms with Gasteiger partial charge < -0.3 is 20.6 Å². The SMILES string of the molecule is CCc1cccc(C2(NCC(O)C(Cc3cc(F)cc(F)c3)NC(=O)c3cc(C)cc(CN(C)CCC(C)C)c3)CC2)c1. The molecule has 0 saturated heterocycles. The highest BCUT2D eigenvalue weighted by Gasteiger charge is 2.44. The van der Waals surface area contributed by atoms with Crippen LogP contribution in [0, 0.1) is 24.5 Å². The summed E-state index contributed by atoms with van der Waals surface area (Å²) in [6, 6.07) is 16.8. The Balaban J connectivity index is 1.50. The number of carbonyl (C=O) groups excluding carboxylic acids is 1. The van der Waals surface area contributed by atoms with E-state index in [0.717, 1.165) is 49.4 Å². The lowest BCUT2D eigenvalue weighted by molar-refractivity contribution is 0.0821. The van der Waals surface area contributed by atoms with Crippen LogP contribution in [0.15, 0.2) is 60.7 Å². The molecule has 3 aromatic carbocycles. The van der Waals surface area contributed by atoms with Gasteiger partial charge in [-0.3, -0.25) is 4.79 Å². The predicted molar refractivity (Wildman–Crippen MR) is 169 cm³/mol. The van der Waals surface area contributed by atoms with Crippen molar-refractivity contribution in [1.82, 2.24) is 15.5 Å². The van der Waals surface area contributed by atoms with Crippen LogP contribution in [0.4, 0.5) is 8.78 Å². The molecule has 1 amide bonds. The lowest BCUT2D eigenvalue weighted by atomic mass is 9.97. The first-order valence-electron chi connectivity index (χ1n) is 15.5. The van der Waals surface area contributed by atoms with Crippen molar-refractivity contribution in [2.45, 2.75) is 84.0 Å². The van der Waals surface area contributed by atoms with Crippen LogP contribution in [0.3, 0.4) is 0 Å². The van der Waals surface area contributed by atoms with Crippen LogP contribution in [0.25, 0.3) is 0 Å². The van der Waals surface area contributed by atoms with Crippen molar-refractivity contribution in [3.05, 3.63) is 106 Å². The van der Waals surface area contributed by atoms with E-state index in [-0.39, 0.29) is 24.4 Å². The van der Waals surface area contributed by atoms with Crippen LogP contribution in [0.2, 0.25) is 0 Å². The van der Waals surface area contributed by atoms with Crippen molar-refractivity contribution < 1.29 is 18.7 Å². The topological polar surface area (TPSA) is 64.6 Å². The second-order valence-electron chi connectivity index (χ2n) is 12.8. The molecule has 0 heterocycles. The second kappa shape index (κ2) is 14.6. The van der Waals surface area contributed by atoms with Crippen LogP contribution in [0.5, 0.6) is 0 Å². The van der Waals surface area contributed by atoms with Crippen LogP contribution in [0.1, 0.15) is 78.2 Å². The summed E-state index contributed by atoms with van der Waals surface area (Å²) in [6.07, 6.45) is 3.04. The van der Waals surface area contributed by atoms with E-state index in [0.29, 0.717) is 23.6 Å². The first-order chi connectivity index (χ1) is 20.5. The minimum Gasteiger partial charge on any atom is -0.390 e. The van der Waals surface area contributed by atoms with Crippen LogP contribution in [-0.4, -0.2) is 48.2 Å². The fourth-order valence-corrected chi connectivity index (χ4v) is 5.70. The number of carbonyl (C=O) groups is 1. The highest BCUT2D eigenvalue weighted by atomic mass is 19.1. The monoisotopic (exact) mass is 591 g/mol. The summed E-state index contributed by atoms with van der Waals surface area (Å²) in [5.41, 5.74) is 5.11. The molecule has 0 aliphatic heterocycles. The number of aryl methyl sites for hydroxylation is 2. The van der Waals surface area contributed by atoms with Gasteiger partial charge in [0.2, 0.25) is 0 Å². The molecule has 3 N–H and O–H groups in total. The third-order valence-corrected chi connectivity index (χ3v) is 8.39. The van der Waals surface area contributed by atoms with Gasteiger partial charge in [-0.15, -0.1) is 0 Å². The molecule has 1 aliphatic carbocycles. The van der Waals surface area contributed by atoms with E-state index in [2.05, 4.69) is 73.7 Å². The number of aliphatic hydroxyl groups excluding tert-OH is 1. The molecular weight excluding hydrogens is 544 g/mol. The van der Waals surface area contributed by atoms with E-state index in [4.69, 9.17) is 0 Å². The van der Waals surface area contributed by atoms with Crippen molar-refractivity contribution in [3.63, 3.8) is 0 Å². The Morgan fingerprint density at radius 2 is 1.72 bits per heavy atom. The van der Waals surface area contributed by atoms with Crippen LogP contribution in [-0.2, 0) is 24.9 Å². The number of hydrogen-bond acceptors (Lipinski definition) is 4. The molecule has 0 bridgehead atoms. The van der Waals surface area contributed by atoms with Gasteiger partial charge in [0.1, 0.15) is 11.6 Å². The Morgan fingerprint density at radius 3 is 2.37 bits per heavy atom. The number of benzene rings is 3. The van der Waals surface area contributed by atoms with E-state index >= 15 is 0 Å². The maximum Gasteiger partial charge on any atom is 0.251 e. The van der Waals surface area contributed by atoms with E-state index in [1.165, 1.54) is 23.3 Å². The number of nitrogens with one attached hydrogen (secondary N) is 2. The summed E-state index contributed by atoms with van der Waals surface area (Å²) in [7, 11) is 2.08. The molecule has 1 fully saturated rings. The van der Waals surface area contributed by atoms with E-state index in [9.17, 15) is 18.7 Å². The Bertz CT molecular complexity index is 1370. The molecule has 1 aliphatic rings. The zero-order valence-electron chi connectivity index (χ0n) is 26.2. The largest absolute Gasteiger partial charge is 0.390 e. The van der Waals surface area contributed by atoms with E-state index in [1.807, 2.05) is 19.1 Å². The Hall–Kier alpha value is -3.13. The number of hydrogen-bond donors (Lipinski definition) is 3. The maximum atomic E-state index is 14.1. The van der Waals surface area contributed by atoms with Crippen molar-refractivity contribution >= 4 is 5.91 Å². The maximum absolute atomic E-state index is 14.1. The van der Waals surface area contributed by atoms with Gasteiger partial charge in [-0.05, 0) is 105 Å². The Morgan fingerprint density at radius 1 is 1.00 bits per heavy atom. The summed E-state index contributed by atoms with van der Waals surface area (Å²) < 4.78 is 28.1. The molecule has 0 aromatic heterocycles. The highest BCUT2D eigenvalue weighted by molar-refractivity contribution is 5.94. The second-order valence-corrected chi connectivity index (χ2v) is 12.8. The molecule has 7 heteroatoms. The standard InChI is InChI=1S/C36H47F2N3O2/c1-6-26-8-7-9-30(17-26)36(11-12-36)39-22-34(42)33(20-27-18-31(37)21-32(38)19-27)40-35(43)29-15-25(4)14-28(16-29)23-41(5)13-10-24(2)3/h7-9,14-19,21,24,33-34,39,42H,6,10-13,20,22-23H2,1-5H3,(H,40,43). The smallest absolute Gasteiger partial charge is 0.251 e. The number of nitrogens with zero attached hydrogens (tertiary/aromatic N) is 1. The van der Waals surface area contributed by atoms with Gasteiger partial charge >= 0.3 is 0 Å². The summed E-state index contributed by atoms with van der Waals surface area (Å²) in [5.74, 6) is -1.09. The molecule has 232 valence electrons. The van der Waals surface area contributed by atoms with Crippen molar-refractivity contribution in [2.75, 3.05) is 20.1 Å². The normalized spacial score (nSPS) is 15.5. The Kier molecular flexibility index (Phi) is 11.1. The van der Waals surface area contributed by atoms with E-state index in [1.54, 1.807) is 0 Å². The quantitative estimate of drug-likeness (QED) is 0.194. The third-order valence-electron chi connectivity index (χ3n) is 8.39. The van der Waals surface area contributed by atoms with Crippen LogP contribution >= 0.6 is 0 Å². The van der Waals surface area contributed by atoms with Crippen molar-refractivity contribution in [2.24, 2.45) is 5.92 Å². The zero-order chi connectivity index (χ0) is 31.1. The fourth-order valence-electron chi connectivity index (χ4n) is 5.70. The average molecular weight is 592 g/mol. The van der Waals surface area contributed by atoms with Gasteiger partial charge in [0, 0.05) is 30.3 Å². The van der Waals surface area contributed by atoms with Crippen molar-refractivity contribution in [1.29, 1.82) is 0 Å². The van der Waals surface area contributed by atoms with Crippen molar-refractivity contribution in [3.8, 4) is 0 Å². The molecule has 5 nitrogen and oxygen atoms in total. The molecule has 0 radical (unpaired) electrons. The van der Waals surface area contributed by atoms with Gasteiger partial charge in [-0.25, -0.2) is 8.78 Å². The molecule has 43 heavy (non-hydrogen) atoms. The highest BCUT2D eigenvalue weighted by Crippen LogP contribution is 2.45.